The van der Waals surface area contributed by atoms with E-state index in [2.05, 4.69) is 69.2 Å². The van der Waals surface area contributed by atoms with Crippen molar-refractivity contribution in [2.75, 3.05) is 10.7 Å². The molecule has 0 radical (unpaired) electrons. The Morgan fingerprint density at radius 2 is 1.58 bits per heavy atom. The minimum Gasteiger partial charge on any atom is -0.367 e. The van der Waals surface area contributed by atoms with Gasteiger partial charge in [-0.3, -0.25) is 0 Å². The number of hydrogen-bond acceptors (Lipinski definition) is 5. The topological polar surface area (TPSA) is 75.9 Å². The Morgan fingerprint density at radius 3 is 2.00 bits per heavy atom. The Morgan fingerprint density at radius 1 is 1.05 bits per heavy atom. The van der Waals surface area contributed by atoms with Crippen LogP contribution < -0.4 is 16.6 Å². The molecule has 0 saturated heterocycles. The van der Waals surface area contributed by atoms with Crippen LogP contribution in [0.15, 0.2) is 6.07 Å². The lowest BCUT2D eigenvalue weighted by Crippen LogP contribution is -2.31. The third-order valence-corrected chi connectivity index (χ3v) is 3.21. The molecule has 0 aliphatic carbocycles. The summed E-state index contributed by atoms with van der Waals surface area (Å²) < 4.78 is 0. The molecule has 1 aromatic heterocycles. The zero-order chi connectivity index (χ0) is 14.8. The molecule has 108 valence electrons. The second-order valence-electron chi connectivity index (χ2n) is 7.09. The van der Waals surface area contributed by atoms with E-state index in [4.69, 9.17) is 5.84 Å². The Balaban J connectivity index is 3.08. The van der Waals surface area contributed by atoms with Crippen molar-refractivity contribution in [1.82, 2.24) is 9.97 Å². The second-order valence-corrected chi connectivity index (χ2v) is 7.09. The van der Waals surface area contributed by atoms with E-state index in [0.717, 1.165) is 11.6 Å². The van der Waals surface area contributed by atoms with Gasteiger partial charge in [0.05, 0.1) is 0 Å². The third kappa shape index (κ3) is 4.35. The molecule has 0 fully saturated rings. The van der Waals surface area contributed by atoms with Crippen molar-refractivity contribution < 1.29 is 0 Å². The molecule has 4 N–H and O–H groups in total. The van der Waals surface area contributed by atoms with Crippen LogP contribution in [0.25, 0.3) is 0 Å². The number of nitrogens with one attached hydrogen (secondary N) is 2. The maximum Gasteiger partial charge on any atom is 0.145 e. The SMILES string of the molecule is CC(Nc1cc(NN)nc(C(C)(C)C)n1)C(C)(C)C. The first-order valence-corrected chi connectivity index (χ1v) is 6.67. The fourth-order valence-electron chi connectivity index (χ4n) is 1.37. The molecule has 5 heteroatoms. The molecule has 1 aromatic rings. The first kappa shape index (κ1) is 15.7. The summed E-state index contributed by atoms with van der Waals surface area (Å²) in [5.74, 6) is 7.68. The minimum atomic E-state index is -0.117. The number of anilines is 2. The number of nitrogens with zero attached hydrogens (tertiary/aromatic N) is 2. The van der Waals surface area contributed by atoms with E-state index < -0.39 is 0 Å². The molecule has 1 heterocycles. The van der Waals surface area contributed by atoms with E-state index in [-0.39, 0.29) is 10.8 Å². The van der Waals surface area contributed by atoms with Gasteiger partial charge in [0.1, 0.15) is 17.5 Å². The van der Waals surface area contributed by atoms with Gasteiger partial charge in [-0.2, -0.15) is 0 Å². The van der Waals surface area contributed by atoms with E-state index >= 15 is 0 Å². The minimum absolute atomic E-state index is 0.117. The molecule has 0 aliphatic heterocycles. The lowest BCUT2D eigenvalue weighted by molar-refractivity contribution is 0.358. The van der Waals surface area contributed by atoms with Crippen molar-refractivity contribution in [1.29, 1.82) is 0 Å². The van der Waals surface area contributed by atoms with E-state index in [1.165, 1.54) is 0 Å². The number of nitrogen functional groups attached to an aromatic ring is 1. The molecular weight excluding hydrogens is 238 g/mol. The summed E-state index contributed by atoms with van der Waals surface area (Å²) in [6, 6.07) is 2.12. The number of nitrogens with two attached hydrogens (primary N) is 1. The van der Waals surface area contributed by atoms with Crippen molar-refractivity contribution in [3.63, 3.8) is 0 Å². The Bertz CT molecular complexity index is 428. The Hall–Kier alpha value is -1.36. The highest BCUT2D eigenvalue weighted by molar-refractivity contribution is 5.48. The Kier molecular flexibility index (Phi) is 4.40. The quantitative estimate of drug-likeness (QED) is 0.578. The van der Waals surface area contributed by atoms with Crippen LogP contribution >= 0.6 is 0 Å². The molecule has 5 nitrogen and oxygen atoms in total. The summed E-state index contributed by atoms with van der Waals surface area (Å²) in [7, 11) is 0. The number of aromatic nitrogens is 2. The van der Waals surface area contributed by atoms with Crippen LogP contribution in [0.3, 0.4) is 0 Å². The van der Waals surface area contributed by atoms with Gasteiger partial charge in [0.15, 0.2) is 0 Å². The van der Waals surface area contributed by atoms with Gasteiger partial charge in [-0.1, -0.05) is 41.5 Å². The lowest BCUT2D eigenvalue weighted by atomic mass is 9.88. The van der Waals surface area contributed by atoms with Gasteiger partial charge in [0.25, 0.3) is 0 Å². The molecule has 1 unspecified atom stereocenters. The van der Waals surface area contributed by atoms with Crippen LogP contribution in [-0.4, -0.2) is 16.0 Å². The second kappa shape index (κ2) is 5.33. The highest BCUT2D eigenvalue weighted by Crippen LogP contribution is 2.25. The summed E-state index contributed by atoms with van der Waals surface area (Å²) in [5, 5.41) is 3.42. The number of hydrazine groups is 1. The smallest absolute Gasteiger partial charge is 0.145 e. The van der Waals surface area contributed by atoms with Gasteiger partial charge in [0, 0.05) is 17.5 Å². The van der Waals surface area contributed by atoms with Gasteiger partial charge in [-0.05, 0) is 12.3 Å². The zero-order valence-corrected chi connectivity index (χ0v) is 13.1. The summed E-state index contributed by atoms with van der Waals surface area (Å²) in [6.07, 6.45) is 0. The molecule has 0 saturated carbocycles. The number of rotatable bonds is 3. The molecule has 0 bridgehead atoms. The highest BCUT2D eigenvalue weighted by atomic mass is 15.3. The van der Waals surface area contributed by atoms with Crippen molar-refractivity contribution in [2.45, 2.75) is 59.9 Å². The molecule has 0 aliphatic rings. The first-order valence-electron chi connectivity index (χ1n) is 6.67. The first-order chi connectivity index (χ1) is 8.54. The largest absolute Gasteiger partial charge is 0.367 e. The molecule has 19 heavy (non-hydrogen) atoms. The molecule has 0 spiro atoms. The summed E-state index contributed by atoms with van der Waals surface area (Å²) >= 11 is 0. The van der Waals surface area contributed by atoms with E-state index in [1.54, 1.807) is 0 Å². The maximum absolute atomic E-state index is 5.48. The highest BCUT2D eigenvalue weighted by Gasteiger charge is 2.22. The van der Waals surface area contributed by atoms with Crippen LogP contribution in [0.1, 0.15) is 54.3 Å². The standard InChI is InChI=1S/C14H27N5/c1-9(13(2,3)4)16-10-8-11(19-15)18-12(17-10)14(5,6)7/h8-9H,15H2,1-7H3,(H2,16,17,18,19). The lowest BCUT2D eigenvalue weighted by Gasteiger charge is -2.29. The van der Waals surface area contributed by atoms with Gasteiger partial charge < -0.3 is 10.7 Å². The van der Waals surface area contributed by atoms with Crippen LogP contribution in [0, 0.1) is 5.41 Å². The van der Waals surface area contributed by atoms with E-state index in [1.807, 2.05) is 6.07 Å². The van der Waals surface area contributed by atoms with Crippen LogP contribution in [0.5, 0.6) is 0 Å². The summed E-state index contributed by atoms with van der Waals surface area (Å²) in [4.78, 5) is 8.99. The van der Waals surface area contributed by atoms with Gasteiger partial charge >= 0.3 is 0 Å². The van der Waals surface area contributed by atoms with Gasteiger partial charge in [-0.15, -0.1) is 0 Å². The van der Waals surface area contributed by atoms with Crippen LogP contribution in [-0.2, 0) is 5.41 Å². The molecular formula is C14H27N5. The van der Waals surface area contributed by atoms with E-state index in [0.29, 0.717) is 11.9 Å². The average molecular weight is 265 g/mol. The fourth-order valence-corrected chi connectivity index (χ4v) is 1.37. The predicted molar refractivity (Wildman–Crippen MR) is 81.1 cm³/mol. The van der Waals surface area contributed by atoms with Crippen molar-refractivity contribution in [2.24, 2.45) is 11.3 Å². The molecule has 1 atom stereocenters. The Labute approximate surface area is 116 Å². The van der Waals surface area contributed by atoms with Crippen molar-refractivity contribution >= 4 is 11.6 Å². The summed E-state index contributed by atoms with van der Waals surface area (Å²) in [5.41, 5.74) is 2.64. The maximum atomic E-state index is 5.48. The van der Waals surface area contributed by atoms with Crippen molar-refractivity contribution in [3.8, 4) is 0 Å². The predicted octanol–water partition coefficient (Wildman–Crippen LogP) is 2.91. The van der Waals surface area contributed by atoms with Crippen molar-refractivity contribution in [3.05, 3.63) is 11.9 Å². The van der Waals surface area contributed by atoms with Crippen LogP contribution in [0.2, 0.25) is 0 Å². The molecule has 0 amide bonds. The van der Waals surface area contributed by atoms with Gasteiger partial charge in [0.2, 0.25) is 0 Å². The van der Waals surface area contributed by atoms with Gasteiger partial charge in [-0.25, -0.2) is 15.8 Å². The summed E-state index contributed by atoms with van der Waals surface area (Å²) in [6.45, 7) is 15.0. The third-order valence-electron chi connectivity index (χ3n) is 3.21. The van der Waals surface area contributed by atoms with Crippen LogP contribution in [0.4, 0.5) is 11.6 Å². The molecule has 0 aromatic carbocycles. The monoisotopic (exact) mass is 265 g/mol. The average Bonchev–Trinajstić information content (AvgIpc) is 2.26. The number of hydrogen-bond donors (Lipinski definition) is 3. The normalized spacial score (nSPS) is 14.1. The zero-order valence-electron chi connectivity index (χ0n) is 13.1. The fraction of sp³-hybridized carbons (Fsp3) is 0.714. The van der Waals surface area contributed by atoms with E-state index in [9.17, 15) is 0 Å². The molecule has 1 rings (SSSR count).